The average Bonchev–Trinajstić information content (AvgIpc) is 3.34. The zero-order valence-electron chi connectivity index (χ0n) is 22.4. The van der Waals surface area contributed by atoms with Crippen molar-refractivity contribution in [3.05, 3.63) is 59.2 Å². The van der Waals surface area contributed by atoms with E-state index in [1.807, 2.05) is 6.07 Å². The van der Waals surface area contributed by atoms with Crippen molar-refractivity contribution in [2.24, 2.45) is 23.7 Å². The first-order valence-corrected chi connectivity index (χ1v) is 14.1. The van der Waals surface area contributed by atoms with Gasteiger partial charge in [-0.1, -0.05) is 73.4 Å². The van der Waals surface area contributed by atoms with Crippen molar-refractivity contribution in [3.8, 4) is 0 Å². The van der Waals surface area contributed by atoms with E-state index in [2.05, 4.69) is 57.2 Å². The molecule has 2 aliphatic carbocycles. The fourth-order valence-corrected chi connectivity index (χ4v) is 6.02. The Morgan fingerprint density at radius 1 is 1.11 bits per heavy atom. The van der Waals surface area contributed by atoms with Crippen LogP contribution in [0.1, 0.15) is 97.0 Å². The third-order valence-corrected chi connectivity index (χ3v) is 7.99. The second-order valence-corrected chi connectivity index (χ2v) is 11.4. The van der Waals surface area contributed by atoms with Crippen molar-refractivity contribution in [2.75, 3.05) is 6.61 Å². The fourth-order valence-electron chi connectivity index (χ4n) is 6.02. The van der Waals surface area contributed by atoms with E-state index in [4.69, 9.17) is 4.74 Å². The van der Waals surface area contributed by atoms with Gasteiger partial charge in [-0.2, -0.15) is 0 Å². The second kappa shape index (κ2) is 14.8. The summed E-state index contributed by atoms with van der Waals surface area (Å²) in [4.78, 5) is 13.0. The maximum atomic E-state index is 13.0. The Morgan fingerprint density at radius 2 is 1.91 bits per heavy atom. The lowest BCUT2D eigenvalue weighted by atomic mass is 9.84. The monoisotopic (exact) mass is 480 g/mol. The van der Waals surface area contributed by atoms with Gasteiger partial charge in [0, 0.05) is 18.9 Å². The lowest BCUT2D eigenvalue weighted by Crippen LogP contribution is -2.28. The smallest absolute Gasteiger partial charge is 0.138 e. The molecular formula is C32H48O3. The molecule has 194 valence electrons. The molecular weight excluding hydrogens is 432 g/mol. The maximum absolute atomic E-state index is 13.0. The molecule has 35 heavy (non-hydrogen) atoms. The Kier molecular flexibility index (Phi) is 11.7. The maximum Gasteiger partial charge on any atom is 0.138 e. The van der Waals surface area contributed by atoms with Gasteiger partial charge in [-0.05, 0) is 88.5 Å². The lowest BCUT2D eigenvalue weighted by molar-refractivity contribution is -0.127. The predicted octanol–water partition coefficient (Wildman–Crippen LogP) is 7.83. The molecule has 2 aliphatic rings. The number of Topliss-reactive ketones (excluding diaryl/α,β-unsaturated/α-hetero) is 1. The number of hydrogen-bond donors (Lipinski definition) is 1. The number of carbonyl (C=O) groups excluding carboxylic acids is 1. The van der Waals surface area contributed by atoms with Crippen molar-refractivity contribution in [3.63, 3.8) is 0 Å². The summed E-state index contributed by atoms with van der Waals surface area (Å²) in [6.07, 6.45) is 15.7. The molecule has 0 spiro atoms. The molecule has 1 fully saturated rings. The first kappa shape index (κ1) is 27.9. The highest BCUT2D eigenvalue weighted by Crippen LogP contribution is 2.48. The molecule has 3 heteroatoms. The van der Waals surface area contributed by atoms with Crippen LogP contribution in [0.2, 0.25) is 0 Å². The lowest BCUT2D eigenvalue weighted by Gasteiger charge is -2.21. The Hall–Kier alpha value is -1.71. The molecule has 1 saturated carbocycles. The van der Waals surface area contributed by atoms with Crippen molar-refractivity contribution in [2.45, 2.75) is 104 Å². The number of hydrogen-bond acceptors (Lipinski definition) is 3. The molecule has 3 nitrogen and oxygen atoms in total. The summed E-state index contributed by atoms with van der Waals surface area (Å²) in [5.74, 6) is 1.58. The summed E-state index contributed by atoms with van der Waals surface area (Å²) < 4.78 is 5.80. The highest BCUT2D eigenvalue weighted by atomic mass is 16.5. The fraction of sp³-hybridized carbons (Fsp3) is 0.656. The topological polar surface area (TPSA) is 46.5 Å². The molecule has 1 aromatic rings. The van der Waals surface area contributed by atoms with Gasteiger partial charge in [-0.25, -0.2) is 0 Å². The molecule has 0 amide bonds. The number of aliphatic hydroxyl groups excluding tert-OH is 1. The van der Waals surface area contributed by atoms with E-state index in [0.717, 1.165) is 51.6 Å². The Balaban J connectivity index is 1.29. The van der Waals surface area contributed by atoms with E-state index in [0.29, 0.717) is 36.6 Å². The third-order valence-electron chi connectivity index (χ3n) is 7.99. The van der Waals surface area contributed by atoms with Crippen LogP contribution in [-0.4, -0.2) is 23.6 Å². The molecule has 0 bridgehead atoms. The van der Waals surface area contributed by atoms with Gasteiger partial charge in [0.25, 0.3) is 0 Å². The van der Waals surface area contributed by atoms with E-state index in [9.17, 15) is 9.90 Å². The Labute approximate surface area is 214 Å². The molecule has 1 N–H and O–H groups in total. The van der Waals surface area contributed by atoms with Gasteiger partial charge in [-0.15, -0.1) is 0 Å². The number of ketones is 1. The molecule has 0 heterocycles. The molecule has 0 aromatic heterocycles. The molecule has 1 aromatic carbocycles. The third kappa shape index (κ3) is 9.35. The van der Waals surface area contributed by atoms with Gasteiger partial charge in [-0.3, -0.25) is 4.79 Å². The first-order valence-electron chi connectivity index (χ1n) is 14.1. The van der Waals surface area contributed by atoms with Crippen molar-refractivity contribution < 1.29 is 14.6 Å². The van der Waals surface area contributed by atoms with E-state index in [1.54, 1.807) is 0 Å². The minimum atomic E-state index is -0.438. The van der Waals surface area contributed by atoms with Gasteiger partial charge in [0.1, 0.15) is 5.78 Å². The van der Waals surface area contributed by atoms with Crippen molar-refractivity contribution >= 4 is 5.78 Å². The normalized spacial score (nSPS) is 24.2. The van der Waals surface area contributed by atoms with Gasteiger partial charge in [0.05, 0.1) is 12.7 Å². The number of allylic oxidation sites excluding steroid dienone is 4. The quantitative estimate of drug-likeness (QED) is 0.194. The van der Waals surface area contributed by atoms with Crippen molar-refractivity contribution in [1.29, 1.82) is 0 Å². The number of ether oxygens (including phenoxy) is 1. The Morgan fingerprint density at radius 3 is 2.69 bits per heavy atom. The first-order chi connectivity index (χ1) is 16.9. The zero-order chi connectivity index (χ0) is 25.0. The molecule has 3 rings (SSSR count). The summed E-state index contributed by atoms with van der Waals surface area (Å²) in [5, 5.41) is 10.6. The molecule has 0 aliphatic heterocycles. The van der Waals surface area contributed by atoms with Crippen LogP contribution in [0.25, 0.3) is 0 Å². The standard InChI is InChI=1S/C32H48O3/c1-24(2)12-10-13-25(3)14-11-18-30(33)32-29-21-27(20-28(29)22-31(32)34)17-8-5-9-19-35-23-26-15-6-4-7-16-26/h4,6-7,12,15-16,20,25,28-29,31-32,34H,5,8-11,13-14,17-19,21-23H2,1-3H3/t25-,28-,29-,31-,32+/m1/s1. The van der Waals surface area contributed by atoms with Crippen LogP contribution in [-0.2, 0) is 16.1 Å². The summed E-state index contributed by atoms with van der Waals surface area (Å²) in [6.45, 7) is 8.11. The van der Waals surface area contributed by atoms with Crippen LogP contribution in [0, 0.1) is 23.7 Å². The van der Waals surface area contributed by atoms with Crippen LogP contribution in [0.5, 0.6) is 0 Å². The summed E-state index contributed by atoms with van der Waals surface area (Å²) >= 11 is 0. The van der Waals surface area contributed by atoms with Gasteiger partial charge >= 0.3 is 0 Å². The van der Waals surface area contributed by atoms with Crippen LogP contribution in [0.3, 0.4) is 0 Å². The summed E-state index contributed by atoms with van der Waals surface area (Å²) in [5.41, 5.74) is 4.13. The number of unbranched alkanes of at least 4 members (excludes halogenated alkanes) is 2. The minimum absolute atomic E-state index is 0.138. The number of benzene rings is 1. The number of fused-ring (bicyclic) bond motifs is 1. The number of rotatable bonds is 16. The van der Waals surface area contributed by atoms with Crippen LogP contribution >= 0.6 is 0 Å². The van der Waals surface area contributed by atoms with E-state index < -0.39 is 6.10 Å². The summed E-state index contributed by atoms with van der Waals surface area (Å²) in [6, 6.07) is 10.3. The predicted molar refractivity (Wildman–Crippen MR) is 145 cm³/mol. The summed E-state index contributed by atoms with van der Waals surface area (Å²) in [7, 11) is 0. The minimum Gasteiger partial charge on any atom is -0.392 e. The van der Waals surface area contributed by atoms with Crippen LogP contribution in [0.15, 0.2) is 53.6 Å². The Bertz CT molecular complexity index is 820. The highest BCUT2D eigenvalue weighted by Gasteiger charge is 2.47. The van der Waals surface area contributed by atoms with Gasteiger partial charge < -0.3 is 9.84 Å². The SMILES string of the molecule is CC(C)=CCC[C@@H](C)CCCC(=O)[C@@H]1[C@@H]2CC(CCCCCOCc3ccccc3)=C[C@@H]2C[C@H]1O. The second-order valence-electron chi connectivity index (χ2n) is 11.4. The number of carbonyl (C=O) groups is 1. The average molecular weight is 481 g/mol. The van der Waals surface area contributed by atoms with Crippen LogP contribution in [0.4, 0.5) is 0 Å². The van der Waals surface area contributed by atoms with Gasteiger partial charge in [0.2, 0.25) is 0 Å². The van der Waals surface area contributed by atoms with Crippen molar-refractivity contribution in [1.82, 2.24) is 0 Å². The number of aliphatic hydroxyl groups is 1. The molecule has 5 atom stereocenters. The highest BCUT2D eigenvalue weighted by molar-refractivity contribution is 5.82. The van der Waals surface area contributed by atoms with Crippen LogP contribution < -0.4 is 0 Å². The largest absolute Gasteiger partial charge is 0.392 e. The van der Waals surface area contributed by atoms with E-state index >= 15 is 0 Å². The molecule has 0 saturated heterocycles. The van der Waals surface area contributed by atoms with E-state index in [-0.39, 0.29) is 5.92 Å². The molecule has 0 unspecified atom stereocenters. The van der Waals surface area contributed by atoms with Gasteiger partial charge in [0.15, 0.2) is 0 Å². The van der Waals surface area contributed by atoms with E-state index in [1.165, 1.54) is 36.0 Å². The molecule has 0 radical (unpaired) electrons. The zero-order valence-corrected chi connectivity index (χ0v) is 22.4.